The largest absolute Gasteiger partial charge is 0.325 e. The van der Waals surface area contributed by atoms with E-state index in [1.54, 1.807) is 0 Å². The second-order valence-electron chi connectivity index (χ2n) is 6.10. The van der Waals surface area contributed by atoms with Gasteiger partial charge >= 0.3 is 0 Å². The van der Waals surface area contributed by atoms with Crippen LogP contribution in [0.3, 0.4) is 0 Å². The van der Waals surface area contributed by atoms with Crippen LogP contribution in [0.25, 0.3) is 0 Å². The smallest absolute Gasteiger partial charge is 0.241 e. The maximum absolute atomic E-state index is 12.4. The van der Waals surface area contributed by atoms with Crippen molar-refractivity contribution >= 4 is 5.91 Å². The highest BCUT2D eigenvalue weighted by Gasteiger charge is 2.39. The number of carbonyl (C=O) groups excluding carboxylic acids is 1. The Bertz CT molecular complexity index is 317. The van der Waals surface area contributed by atoms with E-state index in [1.807, 2.05) is 4.90 Å². The number of hydrogen-bond acceptors (Lipinski definition) is 3. The molecule has 3 atom stereocenters. The van der Waals surface area contributed by atoms with Crippen molar-refractivity contribution in [1.29, 1.82) is 0 Å². The summed E-state index contributed by atoms with van der Waals surface area (Å²) in [5.41, 5.74) is 0. The molecule has 0 bridgehead atoms. The average molecular weight is 267 g/mol. The molecule has 1 saturated carbocycles. The van der Waals surface area contributed by atoms with Gasteiger partial charge in [-0.1, -0.05) is 27.2 Å². The van der Waals surface area contributed by atoms with Gasteiger partial charge in [-0.25, -0.2) is 0 Å². The van der Waals surface area contributed by atoms with Crippen LogP contribution in [0.2, 0.25) is 0 Å². The lowest BCUT2D eigenvalue weighted by atomic mass is 9.99. The molecular weight excluding hydrogens is 238 g/mol. The van der Waals surface area contributed by atoms with Crippen molar-refractivity contribution in [2.45, 2.75) is 65.2 Å². The first-order chi connectivity index (χ1) is 9.08. The SMILES string of the molecule is CCC(C)C1NC(C)N(CCN(CC)C2CC2)C1=O. The summed E-state index contributed by atoms with van der Waals surface area (Å²) in [7, 11) is 0. The van der Waals surface area contributed by atoms with Gasteiger partial charge in [-0.05, 0) is 32.2 Å². The van der Waals surface area contributed by atoms with Crippen molar-refractivity contribution in [3.05, 3.63) is 0 Å². The molecule has 110 valence electrons. The highest BCUT2D eigenvalue weighted by atomic mass is 16.2. The fraction of sp³-hybridized carbons (Fsp3) is 0.933. The Hall–Kier alpha value is -0.610. The van der Waals surface area contributed by atoms with Crippen LogP contribution in [0, 0.1) is 5.92 Å². The van der Waals surface area contributed by atoms with Gasteiger partial charge in [0.15, 0.2) is 0 Å². The van der Waals surface area contributed by atoms with Crippen LogP contribution in [-0.4, -0.2) is 53.6 Å². The molecule has 0 aromatic heterocycles. The molecule has 4 heteroatoms. The number of nitrogens with zero attached hydrogens (tertiary/aromatic N) is 2. The number of nitrogens with one attached hydrogen (secondary N) is 1. The lowest BCUT2D eigenvalue weighted by molar-refractivity contribution is -0.130. The monoisotopic (exact) mass is 267 g/mol. The zero-order valence-electron chi connectivity index (χ0n) is 12.9. The van der Waals surface area contributed by atoms with Crippen LogP contribution in [0.15, 0.2) is 0 Å². The summed E-state index contributed by atoms with van der Waals surface area (Å²) in [6.07, 6.45) is 3.91. The van der Waals surface area contributed by atoms with Gasteiger partial charge in [-0.2, -0.15) is 0 Å². The van der Waals surface area contributed by atoms with Crippen LogP contribution >= 0.6 is 0 Å². The zero-order valence-corrected chi connectivity index (χ0v) is 12.9. The standard InChI is InChI=1S/C15H29N3O/c1-5-11(3)14-15(19)18(12(4)16-14)10-9-17(6-2)13-7-8-13/h11-14,16H,5-10H2,1-4H3. The fourth-order valence-corrected chi connectivity index (χ4v) is 3.01. The van der Waals surface area contributed by atoms with Gasteiger partial charge in [0.05, 0.1) is 12.2 Å². The average Bonchev–Trinajstić information content (AvgIpc) is 3.19. The molecule has 1 aliphatic heterocycles. The van der Waals surface area contributed by atoms with Gasteiger partial charge in [0.25, 0.3) is 0 Å². The summed E-state index contributed by atoms with van der Waals surface area (Å²) in [5, 5.41) is 3.45. The van der Waals surface area contributed by atoms with Crippen LogP contribution < -0.4 is 5.32 Å². The molecule has 0 radical (unpaired) electrons. The number of amides is 1. The number of rotatable bonds is 7. The number of carbonyl (C=O) groups is 1. The van der Waals surface area contributed by atoms with Gasteiger partial charge in [-0.3, -0.25) is 15.0 Å². The van der Waals surface area contributed by atoms with E-state index in [1.165, 1.54) is 12.8 Å². The lowest BCUT2D eigenvalue weighted by Crippen LogP contribution is -2.41. The second-order valence-corrected chi connectivity index (χ2v) is 6.10. The van der Waals surface area contributed by atoms with E-state index >= 15 is 0 Å². The summed E-state index contributed by atoms with van der Waals surface area (Å²) in [4.78, 5) is 17.0. The molecule has 2 fully saturated rings. The molecule has 3 unspecified atom stereocenters. The molecular formula is C15H29N3O. The van der Waals surface area contributed by atoms with Crippen LogP contribution in [-0.2, 0) is 4.79 Å². The first-order valence-corrected chi connectivity index (χ1v) is 7.89. The summed E-state index contributed by atoms with van der Waals surface area (Å²) in [6.45, 7) is 11.6. The minimum atomic E-state index is 0.0241. The molecule has 2 aliphatic rings. The van der Waals surface area contributed by atoms with Crippen LogP contribution in [0.5, 0.6) is 0 Å². The molecule has 0 aromatic rings. The Morgan fingerprint density at radius 3 is 2.63 bits per heavy atom. The van der Waals surface area contributed by atoms with Crippen LogP contribution in [0.4, 0.5) is 0 Å². The fourth-order valence-electron chi connectivity index (χ4n) is 3.01. The molecule has 1 heterocycles. The molecule has 1 saturated heterocycles. The molecule has 19 heavy (non-hydrogen) atoms. The predicted octanol–water partition coefficient (Wildman–Crippen LogP) is 1.66. The third-order valence-electron chi connectivity index (χ3n) is 4.75. The van der Waals surface area contributed by atoms with E-state index < -0.39 is 0 Å². The van der Waals surface area contributed by atoms with Crippen molar-refractivity contribution in [1.82, 2.24) is 15.1 Å². The quantitative estimate of drug-likeness (QED) is 0.762. The molecule has 0 spiro atoms. The highest BCUT2D eigenvalue weighted by Crippen LogP contribution is 2.26. The Balaban J connectivity index is 1.87. The molecule has 4 nitrogen and oxygen atoms in total. The van der Waals surface area contributed by atoms with Crippen LogP contribution in [0.1, 0.15) is 47.0 Å². The zero-order chi connectivity index (χ0) is 14.0. The van der Waals surface area contributed by atoms with E-state index in [2.05, 4.69) is 37.9 Å². The molecule has 2 rings (SSSR count). The van der Waals surface area contributed by atoms with E-state index in [0.29, 0.717) is 11.8 Å². The Morgan fingerprint density at radius 1 is 1.42 bits per heavy atom. The summed E-state index contributed by atoms with van der Waals surface area (Å²) in [6, 6.07) is 0.812. The van der Waals surface area contributed by atoms with Gasteiger partial charge in [0.2, 0.25) is 5.91 Å². The minimum absolute atomic E-state index is 0.0241. The summed E-state index contributed by atoms with van der Waals surface area (Å²) in [5.74, 6) is 0.722. The molecule has 1 aliphatic carbocycles. The first-order valence-electron chi connectivity index (χ1n) is 7.89. The highest BCUT2D eigenvalue weighted by molar-refractivity contribution is 5.84. The number of hydrogen-bond donors (Lipinski definition) is 1. The Kier molecular flexibility index (Phi) is 4.85. The summed E-state index contributed by atoms with van der Waals surface area (Å²) < 4.78 is 0. The predicted molar refractivity (Wildman–Crippen MR) is 77.8 cm³/mol. The molecule has 1 N–H and O–H groups in total. The normalized spacial score (nSPS) is 29.3. The van der Waals surface area contributed by atoms with Crippen molar-refractivity contribution in [2.24, 2.45) is 5.92 Å². The Labute approximate surface area is 117 Å². The topological polar surface area (TPSA) is 35.6 Å². The third-order valence-corrected chi connectivity index (χ3v) is 4.75. The van der Waals surface area contributed by atoms with Crippen molar-refractivity contribution in [3.63, 3.8) is 0 Å². The summed E-state index contributed by atoms with van der Waals surface area (Å²) >= 11 is 0. The maximum Gasteiger partial charge on any atom is 0.241 e. The van der Waals surface area contributed by atoms with E-state index in [9.17, 15) is 4.79 Å². The van der Waals surface area contributed by atoms with E-state index in [-0.39, 0.29) is 12.2 Å². The van der Waals surface area contributed by atoms with Crippen molar-refractivity contribution < 1.29 is 4.79 Å². The minimum Gasteiger partial charge on any atom is -0.325 e. The third kappa shape index (κ3) is 3.29. The van der Waals surface area contributed by atoms with Gasteiger partial charge in [0, 0.05) is 19.1 Å². The van der Waals surface area contributed by atoms with E-state index in [0.717, 1.165) is 32.1 Å². The lowest BCUT2D eigenvalue weighted by Gasteiger charge is -2.26. The number of likely N-dealkylation sites (N-methyl/N-ethyl adjacent to an activating group) is 1. The van der Waals surface area contributed by atoms with Gasteiger partial charge < -0.3 is 4.90 Å². The van der Waals surface area contributed by atoms with Crippen molar-refractivity contribution in [2.75, 3.05) is 19.6 Å². The Morgan fingerprint density at radius 2 is 2.11 bits per heavy atom. The second kappa shape index (κ2) is 6.23. The van der Waals surface area contributed by atoms with Crippen molar-refractivity contribution in [3.8, 4) is 0 Å². The maximum atomic E-state index is 12.4. The first kappa shape index (κ1) is 14.8. The van der Waals surface area contributed by atoms with E-state index in [4.69, 9.17) is 0 Å². The van der Waals surface area contributed by atoms with Gasteiger partial charge in [-0.15, -0.1) is 0 Å². The molecule has 0 aromatic carbocycles. The van der Waals surface area contributed by atoms with Gasteiger partial charge in [0.1, 0.15) is 0 Å². The molecule has 1 amide bonds.